The number of esters is 3. The lowest BCUT2D eigenvalue weighted by molar-refractivity contribution is -0.248. The quantitative estimate of drug-likeness (QED) is 0.203. The van der Waals surface area contributed by atoms with Crippen molar-refractivity contribution in [2.75, 3.05) is 0 Å². The molecule has 1 N–H and O–H groups in total. The maximum absolute atomic E-state index is 13.2. The minimum atomic E-state index is -1.45. The van der Waals surface area contributed by atoms with Crippen LogP contribution in [0.25, 0.3) is 0 Å². The largest absolute Gasteiger partial charge is 0.462 e. The molecule has 5 aliphatic rings. The number of fused-ring (bicyclic) bond motifs is 4. The zero-order valence-electron chi connectivity index (χ0n) is 29.3. The van der Waals surface area contributed by atoms with Gasteiger partial charge in [0.2, 0.25) is 0 Å². The minimum Gasteiger partial charge on any atom is -0.462 e. The highest BCUT2D eigenvalue weighted by Crippen LogP contribution is 2.84. The zero-order chi connectivity index (χ0) is 33.8. The standard InChI is InChI=1S/C36H56O9/c1-20(18-24(42-21(2)37)29(31(7,8)41)44-23(4)39)35-17-16-34(11)33(10)15-12-26-30(5,6)27(40)13-14-32(26,9)28(33)25(43-22(3)38)19-36(34,35)45-35/h20,24-26,28-29,41H,12-19H2,1-11H3/t20-,24+,25+,26+,28+,29-,32+,33+,34-,35-,36-/m1/s1. The van der Waals surface area contributed by atoms with Crippen LogP contribution in [0.3, 0.4) is 0 Å². The second-order valence-corrected chi connectivity index (χ2v) is 17.1. The van der Waals surface area contributed by atoms with Gasteiger partial charge >= 0.3 is 17.9 Å². The molecular formula is C36H56O9. The molecule has 5 fully saturated rings. The molecule has 254 valence electrons. The van der Waals surface area contributed by atoms with Gasteiger partial charge in [-0.2, -0.15) is 0 Å². The Morgan fingerprint density at radius 3 is 2.13 bits per heavy atom. The van der Waals surface area contributed by atoms with E-state index in [1.54, 1.807) is 13.8 Å². The summed E-state index contributed by atoms with van der Waals surface area (Å²) in [6.45, 7) is 20.6. The molecule has 9 nitrogen and oxygen atoms in total. The molecule has 1 saturated heterocycles. The predicted molar refractivity (Wildman–Crippen MR) is 166 cm³/mol. The van der Waals surface area contributed by atoms with E-state index in [0.717, 1.165) is 32.1 Å². The van der Waals surface area contributed by atoms with E-state index in [1.807, 2.05) is 0 Å². The molecule has 0 amide bonds. The van der Waals surface area contributed by atoms with E-state index < -0.39 is 46.4 Å². The van der Waals surface area contributed by atoms with E-state index in [4.69, 9.17) is 18.9 Å². The molecule has 0 aromatic rings. The van der Waals surface area contributed by atoms with Crippen LogP contribution in [0.1, 0.15) is 128 Å². The lowest BCUT2D eigenvalue weighted by Crippen LogP contribution is -2.69. The Morgan fingerprint density at radius 2 is 1.58 bits per heavy atom. The van der Waals surface area contributed by atoms with Crippen molar-refractivity contribution >= 4 is 23.7 Å². The normalized spacial score (nSPS) is 43.4. The Bertz CT molecular complexity index is 1270. The van der Waals surface area contributed by atoms with Crippen molar-refractivity contribution in [2.45, 2.75) is 163 Å². The first-order valence-electron chi connectivity index (χ1n) is 17.0. The second-order valence-electron chi connectivity index (χ2n) is 17.1. The van der Waals surface area contributed by atoms with Gasteiger partial charge < -0.3 is 24.1 Å². The summed E-state index contributed by atoms with van der Waals surface area (Å²) in [4.78, 5) is 50.2. The third-order valence-electron chi connectivity index (χ3n) is 14.0. The number of epoxide rings is 1. The van der Waals surface area contributed by atoms with Crippen molar-refractivity contribution in [3.63, 3.8) is 0 Å². The fourth-order valence-electron chi connectivity index (χ4n) is 12.0. The molecular weight excluding hydrogens is 576 g/mol. The van der Waals surface area contributed by atoms with Gasteiger partial charge in [-0.3, -0.25) is 19.2 Å². The van der Waals surface area contributed by atoms with Crippen LogP contribution in [0.15, 0.2) is 0 Å². The highest BCUT2D eigenvalue weighted by atomic mass is 16.6. The number of hydrogen-bond donors (Lipinski definition) is 1. The van der Waals surface area contributed by atoms with Crippen LogP contribution in [0.4, 0.5) is 0 Å². The van der Waals surface area contributed by atoms with Crippen LogP contribution >= 0.6 is 0 Å². The summed E-state index contributed by atoms with van der Waals surface area (Å²) in [5.74, 6) is -0.907. The number of hydrogen-bond acceptors (Lipinski definition) is 9. The molecule has 0 radical (unpaired) electrons. The summed E-state index contributed by atoms with van der Waals surface area (Å²) < 4.78 is 24.6. The van der Waals surface area contributed by atoms with Gasteiger partial charge in [0.1, 0.15) is 29.2 Å². The molecule has 1 spiro atoms. The lowest BCUT2D eigenvalue weighted by atomic mass is 9.34. The van der Waals surface area contributed by atoms with Crippen molar-refractivity contribution in [3.8, 4) is 0 Å². The maximum atomic E-state index is 13.2. The number of ether oxygens (including phenoxy) is 4. The first-order valence-corrected chi connectivity index (χ1v) is 17.0. The molecule has 45 heavy (non-hydrogen) atoms. The van der Waals surface area contributed by atoms with Crippen LogP contribution in [-0.2, 0) is 38.1 Å². The summed E-state index contributed by atoms with van der Waals surface area (Å²) in [7, 11) is 0. The first kappa shape index (κ1) is 34.3. The van der Waals surface area contributed by atoms with Crippen LogP contribution in [0.2, 0.25) is 0 Å². The third kappa shape index (κ3) is 4.75. The molecule has 0 aromatic heterocycles. The van der Waals surface area contributed by atoms with Crippen molar-refractivity contribution < 1.29 is 43.2 Å². The summed E-state index contributed by atoms with van der Waals surface area (Å²) in [6, 6.07) is 0. The van der Waals surface area contributed by atoms with Crippen molar-refractivity contribution in [1.29, 1.82) is 0 Å². The molecule has 9 heteroatoms. The average Bonchev–Trinajstić information content (AvgIpc) is 3.47. The van der Waals surface area contributed by atoms with Gasteiger partial charge in [0.25, 0.3) is 0 Å². The summed E-state index contributed by atoms with van der Waals surface area (Å²) in [5.41, 5.74) is -3.60. The van der Waals surface area contributed by atoms with Crippen LogP contribution in [0, 0.1) is 39.4 Å². The number of ketones is 1. The second kappa shape index (κ2) is 10.5. The molecule has 0 aromatic carbocycles. The van der Waals surface area contributed by atoms with Gasteiger partial charge in [0.15, 0.2) is 6.10 Å². The predicted octanol–water partition coefficient (Wildman–Crippen LogP) is 5.72. The van der Waals surface area contributed by atoms with Crippen LogP contribution in [0.5, 0.6) is 0 Å². The summed E-state index contributed by atoms with van der Waals surface area (Å²) in [5, 5.41) is 11.0. The van der Waals surface area contributed by atoms with E-state index in [1.165, 1.54) is 20.8 Å². The van der Waals surface area contributed by atoms with E-state index in [0.29, 0.717) is 25.0 Å². The smallest absolute Gasteiger partial charge is 0.303 e. The lowest BCUT2D eigenvalue weighted by Gasteiger charge is -2.69. The number of carbonyl (C=O) groups is 4. The Morgan fingerprint density at radius 1 is 0.956 bits per heavy atom. The number of aliphatic hydroxyl groups is 1. The van der Waals surface area contributed by atoms with Crippen molar-refractivity contribution in [3.05, 3.63) is 0 Å². The molecule has 0 bridgehead atoms. The van der Waals surface area contributed by atoms with Crippen molar-refractivity contribution in [1.82, 2.24) is 0 Å². The zero-order valence-corrected chi connectivity index (χ0v) is 29.3. The number of rotatable bonds is 8. The number of carbonyl (C=O) groups excluding carboxylic acids is 4. The molecule has 4 saturated carbocycles. The van der Waals surface area contributed by atoms with E-state index in [2.05, 4.69) is 41.5 Å². The molecule has 4 aliphatic carbocycles. The highest BCUT2D eigenvalue weighted by molar-refractivity contribution is 5.85. The van der Waals surface area contributed by atoms with Crippen LogP contribution in [-0.4, -0.2) is 63.9 Å². The fraction of sp³-hybridized carbons (Fsp3) is 0.889. The average molecular weight is 633 g/mol. The van der Waals surface area contributed by atoms with Crippen LogP contribution < -0.4 is 0 Å². The SMILES string of the molecule is CC(=O)O[C@@H](C[C@@H](C)[C@]12CC[C@@]3(C)[C@@]1(C[C@H](OC(C)=O)[C@H]1[C@@]4(C)CCC(=O)C(C)(C)[C@@H]4CC[C@@]13C)O2)[C@@H](OC(C)=O)C(C)(C)O. The van der Waals surface area contributed by atoms with Gasteiger partial charge in [0, 0.05) is 50.4 Å². The summed E-state index contributed by atoms with van der Waals surface area (Å²) in [6.07, 6.45) is 3.53. The summed E-state index contributed by atoms with van der Waals surface area (Å²) >= 11 is 0. The Labute approximate surface area is 268 Å². The molecule has 5 rings (SSSR count). The topological polar surface area (TPSA) is 129 Å². The first-order chi connectivity index (χ1) is 20.5. The minimum absolute atomic E-state index is 0.0725. The Balaban J connectivity index is 1.53. The van der Waals surface area contributed by atoms with Gasteiger partial charge in [0.05, 0.1) is 5.60 Å². The Kier molecular flexibility index (Phi) is 8.01. The van der Waals surface area contributed by atoms with Gasteiger partial charge in [-0.05, 0) is 75.0 Å². The number of Topliss-reactive ketones (excluding diaryl/α,β-unsaturated/α-hetero) is 1. The van der Waals surface area contributed by atoms with E-state index in [9.17, 15) is 24.3 Å². The Hall–Kier alpha value is -2.00. The van der Waals surface area contributed by atoms with Gasteiger partial charge in [-0.15, -0.1) is 0 Å². The van der Waals surface area contributed by atoms with E-state index >= 15 is 0 Å². The highest BCUT2D eigenvalue weighted by Gasteiger charge is 2.89. The van der Waals surface area contributed by atoms with Gasteiger partial charge in [-0.25, -0.2) is 0 Å². The van der Waals surface area contributed by atoms with Crippen molar-refractivity contribution in [2.24, 2.45) is 39.4 Å². The molecule has 1 aliphatic heterocycles. The van der Waals surface area contributed by atoms with Gasteiger partial charge in [-0.1, -0.05) is 41.5 Å². The monoisotopic (exact) mass is 632 g/mol. The molecule has 1 heterocycles. The van der Waals surface area contributed by atoms with E-state index in [-0.39, 0.29) is 46.1 Å². The fourth-order valence-corrected chi connectivity index (χ4v) is 12.0. The third-order valence-corrected chi connectivity index (χ3v) is 14.0. The molecule has 11 atom stereocenters. The maximum Gasteiger partial charge on any atom is 0.303 e. The molecule has 0 unspecified atom stereocenters.